The normalized spacial score (nSPS) is 16.6. The maximum atomic E-state index is 12.5. The predicted octanol–water partition coefficient (Wildman–Crippen LogP) is 4.27. The SMILES string of the molecule is CCc1ccc(N2C[C@H](C(=O)NCCc3ccc(Cl)cc3Cl)CC2=O)cc1. The molecule has 2 amide bonds. The minimum atomic E-state index is -0.330. The highest BCUT2D eigenvalue weighted by atomic mass is 35.5. The first-order valence-electron chi connectivity index (χ1n) is 9.09. The van der Waals surface area contributed by atoms with Crippen LogP contribution in [-0.4, -0.2) is 24.9 Å². The Hall–Kier alpha value is -2.04. The number of anilines is 1. The van der Waals surface area contributed by atoms with E-state index >= 15 is 0 Å². The Morgan fingerprint density at radius 1 is 1.19 bits per heavy atom. The van der Waals surface area contributed by atoms with Crippen LogP contribution < -0.4 is 10.2 Å². The highest BCUT2D eigenvalue weighted by molar-refractivity contribution is 6.35. The molecule has 6 heteroatoms. The van der Waals surface area contributed by atoms with Crippen LogP contribution in [0.2, 0.25) is 10.0 Å². The Morgan fingerprint density at radius 3 is 2.59 bits per heavy atom. The number of carbonyl (C=O) groups is 2. The lowest BCUT2D eigenvalue weighted by molar-refractivity contribution is -0.126. The second kappa shape index (κ2) is 8.77. The first-order valence-corrected chi connectivity index (χ1v) is 9.84. The zero-order valence-electron chi connectivity index (χ0n) is 15.2. The molecule has 1 heterocycles. The number of amides is 2. The molecule has 0 aromatic heterocycles. The number of hydrogen-bond donors (Lipinski definition) is 1. The van der Waals surface area contributed by atoms with E-state index in [1.54, 1.807) is 17.0 Å². The van der Waals surface area contributed by atoms with Crippen LogP contribution in [0.5, 0.6) is 0 Å². The quantitative estimate of drug-likeness (QED) is 0.781. The fourth-order valence-corrected chi connectivity index (χ4v) is 3.74. The standard InChI is InChI=1S/C21H22Cl2N2O2/c1-2-14-3-7-18(8-4-14)25-13-16(11-20(25)26)21(27)24-10-9-15-5-6-17(22)12-19(15)23/h3-8,12,16H,2,9-11,13H2,1H3,(H,24,27)/t16-/m1/s1. The highest BCUT2D eigenvalue weighted by Crippen LogP contribution is 2.26. The fourth-order valence-electron chi connectivity index (χ4n) is 3.23. The van der Waals surface area contributed by atoms with Crippen LogP contribution in [0.4, 0.5) is 5.69 Å². The van der Waals surface area contributed by atoms with Gasteiger partial charge in [0.05, 0.1) is 5.92 Å². The number of halogens is 2. The average molecular weight is 405 g/mol. The molecule has 0 saturated carbocycles. The fraction of sp³-hybridized carbons (Fsp3) is 0.333. The van der Waals surface area contributed by atoms with Gasteiger partial charge in [-0.05, 0) is 48.2 Å². The molecule has 4 nitrogen and oxygen atoms in total. The third-order valence-corrected chi connectivity index (χ3v) is 5.45. The van der Waals surface area contributed by atoms with Crippen molar-refractivity contribution >= 4 is 40.7 Å². The average Bonchev–Trinajstić information content (AvgIpc) is 3.05. The van der Waals surface area contributed by atoms with Gasteiger partial charge in [-0.3, -0.25) is 9.59 Å². The molecule has 27 heavy (non-hydrogen) atoms. The van der Waals surface area contributed by atoms with Gasteiger partial charge in [-0.25, -0.2) is 0 Å². The van der Waals surface area contributed by atoms with Gasteiger partial charge >= 0.3 is 0 Å². The van der Waals surface area contributed by atoms with Crippen molar-refractivity contribution in [1.82, 2.24) is 5.32 Å². The first-order chi connectivity index (χ1) is 13.0. The molecule has 0 spiro atoms. The Labute approximate surface area is 169 Å². The summed E-state index contributed by atoms with van der Waals surface area (Å²) in [4.78, 5) is 26.5. The van der Waals surface area contributed by atoms with Crippen molar-refractivity contribution in [1.29, 1.82) is 0 Å². The van der Waals surface area contributed by atoms with Gasteiger partial charge < -0.3 is 10.2 Å². The van der Waals surface area contributed by atoms with Crippen LogP contribution in [0.3, 0.4) is 0 Å². The van der Waals surface area contributed by atoms with Crippen LogP contribution in [0, 0.1) is 5.92 Å². The molecule has 1 aliphatic rings. The molecule has 0 unspecified atom stereocenters. The molecule has 0 radical (unpaired) electrons. The Kier molecular flexibility index (Phi) is 6.40. The summed E-state index contributed by atoms with van der Waals surface area (Å²) in [5.41, 5.74) is 3.00. The molecule has 142 valence electrons. The maximum absolute atomic E-state index is 12.5. The highest BCUT2D eigenvalue weighted by Gasteiger charge is 2.34. The number of rotatable bonds is 6. The van der Waals surface area contributed by atoms with E-state index in [2.05, 4.69) is 12.2 Å². The van der Waals surface area contributed by atoms with E-state index in [4.69, 9.17) is 23.2 Å². The van der Waals surface area contributed by atoms with Crippen LogP contribution in [0.15, 0.2) is 42.5 Å². The van der Waals surface area contributed by atoms with Crippen molar-refractivity contribution in [3.05, 3.63) is 63.6 Å². The van der Waals surface area contributed by atoms with Crippen molar-refractivity contribution in [3.8, 4) is 0 Å². The van der Waals surface area contributed by atoms with Crippen molar-refractivity contribution in [2.75, 3.05) is 18.0 Å². The molecular weight excluding hydrogens is 383 g/mol. The molecule has 2 aromatic carbocycles. The maximum Gasteiger partial charge on any atom is 0.227 e. The predicted molar refractivity (Wildman–Crippen MR) is 109 cm³/mol. The lowest BCUT2D eigenvalue weighted by Crippen LogP contribution is -2.34. The number of nitrogens with zero attached hydrogens (tertiary/aromatic N) is 1. The summed E-state index contributed by atoms with van der Waals surface area (Å²) < 4.78 is 0. The number of aryl methyl sites for hydroxylation is 1. The summed E-state index contributed by atoms with van der Waals surface area (Å²) in [6.45, 7) is 2.97. The topological polar surface area (TPSA) is 49.4 Å². The number of carbonyl (C=O) groups excluding carboxylic acids is 2. The van der Waals surface area contributed by atoms with E-state index in [1.807, 2.05) is 30.3 Å². The largest absolute Gasteiger partial charge is 0.355 e. The van der Waals surface area contributed by atoms with Crippen LogP contribution in [0.1, 0.15) is 24.5 Å². The summed E-state index contributed by atoms with van der Waals surface area (Å²) in [6, 6.07) is 13.3. The van der Waals surface area contributed by atoms with Crippen LogP contribution in [0.25, 0.3) is 0 Å². The second-order valence-corrected chi connectivity index (χ2v) is 7.55. The van der Waals surface area contributed by atoms with E-state index in [0.29, 0.717) is 29.6 Å². The van der Waals surface area contributed by atoms with E-state index in [0.717, 1.165) is 17.7 Å². The van der Waals surface area contributed by atoms with Crippen molar-refractivity contribution < 1.29 is 9.59 Å². The zero-order chi connectivity index (χ0) is 19.4. The summed E-state index contributed by atoms with van der Waals surface area (Å²) >= 11 is 12.0. The molecule has 1 atom stereocenters. The third-order valence-electron chi connectivity index (χ3n) is 4.86. The molecule has 0 aliphatic carbocycles. The van der Waals surface area contributed by atoms with Crippen LogP contribution >= 0.6 is 23.2 Å². The smallest absolute Gasteiger partial charge is 0.227 e. The molecule has 3 rings (SSSR count). The van der Waals surface area contributed by atoms with Gasteiger partial charge in [0, 0.05) is 35.2 Å². The summed E-state index contributed by atoms with van der Waals surface area (Å²) in [7, 11) is 0. The van der Waals surface area contributed by atoms with Crippen molar-refractivity contribution in [2.24, 2.45) is 5.92 Å². The van der Waals surface area contributed by atoms with Gasteiger partial charge in [0.1, 0.15) is 0 Å². The van der Waals surface area contributed by atoms with E-state index < -0.39 is 0 Å². The van der Waals surface area contributed by atoms with Crippen molar-refractivity contribution in [2.45, 2.75) is 26.2 Å². The van der Waals surface area contributed by atoms with E-state index in [9.17, 15) is 9.59 Å². The van der Waals surface area contributed by atoms with Gasteiger partial charge in [0.2, 0.25) is 11.8 Å². The lowest BCUT2D eigenvalue weighted by atomic mass is 10.1. The number of benzene rings is 2. The zero-order valence-corrected chi connectivity index (χ0v) is 16.7. The van der Waals surface area contributed by atoms with Gasteiger partial charge in [-0.2, -0.15) is 0 Å². The molecular formula is C21H22Cl2N2O2. The first kappa shape index (κ1) is 19.7. The van der Waals surface area contributed by atoms with Gasteiger partial charge in [-0.15, -0.1) is 0 Å². The van der Waals surface area contributed by atoms with Gasteiger partial charge in [0.15, 0.2) is 0 Å². The molecule has 0 bridgehead atoms. The molecule has 1 aliphatic heterocycles. The van der Waals surface area contributed by atoms with Crippen LogP contribution in [-0.2, 0) is 22.4 Å². The second-order valence-electron chi connectivity index (χ2n) is 6.70. The number of nitrogens with one attached hydrogen (secondary N) is 1. The molecule has 1 saturated heterocycles. The van der Waals surface area contributed by atoms with Crippen molar-refractivity contribution in [3.63, 3.8) is 0 Å². The Balaban J connectivity index is 1.54. The monoisotopic (exact) mass is 404 g/mol. The molecule has 1 N–H and O–H groups in total. The van der Waals surface area contributed by atoms with Gasteiger partial charge in [0.25, 0.3) is 0 Å². The minimum Gasteiger partial charge on any atom is -0.355 e. The summed E-state index contributed by atoms with van der Waals surface area (Å²) in [5, 5.41) is 4.10. The van der Waals surface area contributed by atoms with E-state index in [-0.39, 0.29) is 24.2 Å². The molecule has 1 fully saturated rings. The lowest BCUT2D eigenvalue weighted by Gasteiger charge is -2.17. The number of hydrogen-bond acceptors (Lipinski definition) is 2. The Bertz CT molecular complexity index is 837. The van der Waals surface area contributed by atoms with E-state index in [1.165, 1.54) is 5.56 Å². The third kappa shape index (κ3) is 4.82. The van der Waals surface area contributed by atoms with Gasteiger partial charge in [-0.1, -0.05) is 48.3 Å². The minimum absolute atomic E-state index is 0.0138. The Morgan fingerprint density at radius 2 is 1.93 bits per heavy atom. The molecule has 2 aromatic rings. The summed E-state index contributed by atoms with van der Waals surface area (Å²) in [6.07, 6.45) is 1.81. The summed E-state index contributed by atoms with van der Waals surface area (Å²) in [5.74, 6) is -0.440.